The van der Waals surface area contributed by atoms with Gasteiger partial charge in [0.25, 0.3) is 0 Å². The van der Waals surface area contributed by atoms with Crippen LogP contribution in [-0.2, 0) is 0 Å². The normalized spacial score (nSPS) is 17.9. The minimum Gasteiger partial charge on any atom is -0.297 e. The molecule has 3 aliphatic rings. The second kappa shape index (κ2) is 8.43. The Balaban J connectivity index is 1.55. The van der Waals surface area contributed by atoms with E-state index in [4.69, 9.17) is 0 Å². The summed E-state index contributed by atoms with van der Waals surface area (Å²) in [4.78, 5) is 0. The van der Waals surface area contributed by atoms with Crippen LogP contribution in [0.5, 0.6) is 0 Å². The third-order valence-corrected chi connectivity index (χ3v) is 14.0. The fraction of sp³-hybridized carbons (Fsp3) is 0.200. The topological polar surface area (TPSA) is 3.24 Å². The maximum absolute atomic E-state index is 4.01. The third kappa shape index (κ3) is 3.15. The molecule has 0 saturated carbocycles. The lowest BCUT2D eigenvalue weighted by atomic mass is 9.91. The Kier molecular flexibility index (Phi) is 5.31. The van der Waals surface area contributed by atoms with Crippen molar-refractivity contribution in [3.63, 3.8) is 0 Å². The van der Waals surface area contributed by atoms with Gasteiger partial charge in [0.2, 0.25) is 0 Å². The number of halogens is 1. The second-order valence-corrected chi connectivity index (χ2v) is 17.0. The standard InChI is InChI=1S/C35H32BrNSi/c1-21-19-29-32-30(37(36)33(29)23(21)3)20-22(2)34(31(32)24-13-7-6-8-14-24)38(4,5)35-27-17-11-9-15-25(27)26-16-10-12-18-28(26)35/h6-20,33,35H,1-5H3. The third-order valence-electron chi connectivity index (χ3n) is 9.21. The molecule has 0 aromatic heterocycles. The van der Waals surface area contributed by atoms with E-state index < -0.39 is 8.07 Å². The monoisotopic (exact) mass is 573 g/mol. The number of nitrogens with zero attached hydrogens (tertiary/aromatic N) is 1. The first-order valence-corrected chi connectivity index (χ1v) is 17.4. The van der Waals surface area contributed by atoms with E-state index in [9.17, 15) is 0 Å². The minimum absolute atomic E-state index is 0.264. The highest BCUT2D eigenvalue weighted by atomic mass is 79.9. The molecule has 188 valence electrons. The molecule has 38 heavy (non-hydrogen) atoms. The van der Waals surface area contributed by atoms with Crippen molar-refractivity contribution in [1.29, 1.82) is 0 Å². The summed E-state index contributed by atoms with van der Waals surface area (Å²) in [5.41, 5.74) is 17.4. The summed E-state index contributed by atoms with van der Waals surface area (Å²) in [5, 5.41) is 1.59. The van der Waals surface area contributed by atoms with E-state index in [1.54, 1.807) is 5.19 Å². The Labute approximate surface area is 235 Å². The van der Waals surface area contributed by atoms with Gasteiger partial charge in [-0.05, 0) is 87.7 Å². The zero-order valence-electron chi connectivity index (χ0n) is 22.6. The average molecular weight is 575 g/mol. The molecule has 7 rings (SSSR count). The average Bonchev–Trinajstić information content (AvgIpc) is 3.51. The van der Waals surface area contributed by atoms with E-state index in [1.165, 1.54) is 66.9 Å². The Bertz CT molecular complexity index is 1650. The molecule has 0 radical (unpaired) electrons. The molecule has 1 aliphatic heterocycles. The first-order valence-electron chi connectivity index (χ1n) is 13.6. The maximum Gasteiger partial charge on any atom is 0.0939 e. The van der Waals surface area contributed by atoms with Gasteiger partial charge in [0.15, 0.2) is 0 Å². The molecule has 0 fully saturated rings. The van der Waals surface area contributed by atoms with Gasteiger partial charge < -0.3 is 0 Å². The summed E-state index contributed by atoms with van der Waals surface area (Å²) in [6.07, 6.45) is 2.43. The van der Waals surface area contributed by atoms with Gasteiger partial charge in [-0.3, -0.25) is 3.93 Å². The molecule has 3 heteroatoms. The first kappa shape index (κ1) is 23.9. The molecule has 1 nitrogen and oxygen atoms in total. The first-order chi connectivity index (χ1) is 18.3. The second-order valence-electron chi connectivity index (χ2n) is 11.7. The maximum atomic E-state index is 4.01. The lowest BCUT2D eigenvalue weighted by molar-refractivity contribution is 1.02. The highest BCUT2D eigenvalue weighted by molar-refractivity contribution is 9.10. The van der Waals surface area contributed by atoms with Gasteiger partial charge in [-0.2, -0.15) is 0 Å². The van der Waals surface area contributed by atoms with Gasteiger partial charge in [0, 0.05) is 11.1 Å². The van der Waals surface area contributed by atoms with Gasteiger partial charge in [-0.1, -0.05) is 98.0 Å². The van der Waals surface area contributed by atoms with Crippen molar-refractivity contribution >= 4 is 40.7 Å². The van der Waals surface area contributed by atoms with Crippen molar-refractivity contribution in [3.8, 4) is 22.3 Å². The summed E-state index contributed by atoms with van der Waals surface area (Å²) in [7, 11) is -2.14. The molecular weight excluding hydrogens is 542 g/mol. The number of aryl methyl sites for hydroxylation is 1. The van der Waals surface area contributed by atoms with Crippen molar-refractivity contribution in [2.75, 3.05) is 3.93 Å². The Morgan fingerprint density at radius 2 is 1.32 bits per heavy atom. The number of fused-ring (bicyclic) bond motifs is 6. The van der Waals surface area contributed by atoms with Gasteiger partial charge in [0.05, 0.1) is 36.0 Å². The van der Waals surface area contributed by atoms with Crippen LogP contribution in [-0.4, -0.2) is 14.1 Å². The van der Waals surface area contributed by atoms with Gasteiger partial charge in [0.1, 0.15) is 0 Å². The SMILES string of the molecule is CC1=C(C)C2C(=C1)c1c(cc(C)c([Si](C)(C)C3c4ccccc4-c4ccccc43)c1-c1ccccc1)N2Br. The number of hydrogen-bond donors (Lipinski definition) is 0. The van der Waals surface area contributed by atoms with Crippen molar-refractivity contribution in [2.24, 2.45) is 0 Å². The minimum atomic E-state index is -2.14. The Morgan fingerprint density at radius 3 is 1.95 bits per heavy atom. The molecule has 1 unspecified atom stereocenters. The lowest BCUT2D eigenvalue weighted by Gasteiger charge is -2.36. The Hall–Kier alpha value is -3.14. The van der Waals surface area contributed by atoms with Crippen LogP contribution in [0, 0.1) is 6.92 Å². The number of rotatable bonds is 3. The van der Waals surface area contributed by atoms with Crippen LogP contribution < -0.4 is 9.11 Å². The number of benzene rings is 4. The van der Waals surface area contributed by atoms with Crippen LogP contribution in [0.1, 0.15) is 41.6 Å². The summed E-state index contributed by atoms with van der Waals surface area (Å²) in [6, 6.07) is 32.1. The van der Waals surface area contributed by atoms with Gasteiger partial charge >= 0.3 is 0 Å². The molecule has 0 saturated heterocycles. The summed E-state index contributed by atoms with van der Waals surface area (Å²) >= 11 is 4.01. The van der Waals surface area contributed by atoms with Crippen LogP contribution in [0.3, 0.4) is 0 Å². The van der Waals surface area contributed by atoms with Gasteiger partial charge in [-0.15, -0.1) is 0 Å². The molecule has 0 amide bonds. The quantitative estimate of drug-likeness (QED) is 0.174. The van der Waals surface area contributed by atoms with Crippen molar-refractivity contribution in [3.05, 3.63) is 124 Å². The molecular formula is C35H32BrNSi. The van der Waals surface area contributed by atoms with E-state index >= 15 is 0 Å². The molecule has 0 bridgehead atoms. The molecule has 0 N–H and O–H groups in total. The van der Waals surface area contributed by atoms with Crippen LogP contribution in [0.4, 0.5) is 5.69 Å². The molecule has 4 aromatic carbocycles. The molecule has 0 spiro atoms. The predicted molar refractivity (Wildman–Crippen MR) is 169 cm³/mol. The number of hydrogen-bond acceptors (Lipinski definition) is 1. The van der Waals surface area contributed by atoms with E-state index in [0.717, 1.165) is 0 Å². The van der Waals surface area contributed by atoms with E-state index in [2.05, 4.69) is 145 Å². The van der Waals surface area contributed by atoms with E-state index in [1.807, 2.05) is 0 Å². The van der Waals surface area contributed by atoms with Crippen LogP contribution >= 0.6 is 16.1 Å². The Morgan fingerprint density at radius 1 is 0.737 bits per heavy atom. The number of anilines is 1. The zero-order chi connectivity index (χ0) is 26.3. The summed E-state index contributed by atoms with van der Waals surface area (Å²) in [5.74, 6) is 0. The van der Waals surface area contributed by atoms with Crippen molar-refractivity contribution < 1.29 is 0 Å². The largest absolute Gasteiger partial charge is 0.297 e. The summed E-state index contributed by atoms with van der Waals surface area (Å²) in [6.45, 7) is 12.1. The highest BCUT2D eigenvalue weighted by Crippen LogP contribution is 2.54. The van der Waals surface area contributed by atoms with Crippen LogP contribution in [0.25, 0.3) is 27.8 Å². The molecule has 1 heterocycles. The fourth-order valence-electron chi connectivity index (χ4n) is 7.58. The molecule has 1 atom stereocenters. The molecule has 2 aliphatic carbocycles. The smallest absolute Gasteiger partial charge is 0.0939 e. The highest BCUT2D eigenvalue weighted by Gasteiger charge is 2.47. The van der Waals surface area contributed by atoms with Crippen LogP contribution in [0.15, 0.2) is 102 Å². The molecule has 4 aromatic rings. The van der Waals surface area contributed by atoms with E-state index in [-0.39, 0.29) is 6.04 Å². The fourth-order valence-corrected chi connectivity index (χ4v) is 12.7. The lowest BCUT2D eigenvalue weighted by Crippen LogP contribution is -2.50. The van der Waals surface area contributed by atoms with E-state index in [0.29, 0.717) is 5.54 Å². The number of allylic oxidation sites excluding steroid dienone is 2. The van der Waals surface area contributed by atoms with Crippen LogP contribution in [0.2, 0.25) is 13.1 Å². The van der Waals surface area contributed by atoms with Crippen molar-refractivity contribution in [2.45, 2.75) is 45.4 Å². The predicted octanol–water partition coefficient (Wildman–Crippen LogP) is 9.16. The van der Waals surface area contributed by atoms with Crippen molar-refractivity contribution in [1.82, 2.24) is 0 Å². The summed E-state index contributed by atoms with van der Waals surface area (Å²) < 4.78 is 2.33. The zero-order valence-corrected chi connectivity index (χ0v) is 25.2. The van der Waals surface area contributed by atoms with Gasteiger partial charge in [-0.25, -0.2) is 0 Å².